The van der Waals surface area contributed by atoms with Crippen molar-refractivity contribution in [1.82, 2.24) is 10.2 Å². The van der Waals surface area contributed by atoms with Crippen LogP contribution in [-0.2, 0) is 6.54 Å². The fourth-order valence-corrected chi connectivity index (χ4v) is 2.57. The molecule has 19 heavy (non-hydrogen) atoms. The van der Waals surface area contributed by atoms with Crippen molar-refractivity contribution in [2.24, 2.45) is 0 Å². The van der Waals surface area contributed by atoms with Gasteiger partial charge in [-0.2, -0.15) is 0 Å². The van der Waals surface area contributed by atoms with E-state index in [-0.39, 0.29) is 5.54 Å². The molecule has 0 spiro atoms. The molecule has 4 heteroatoms. The van der Waals surface area contributed by atoms with Gasteiger partial charge in [0, 0.05) is 37.3 Å². The molecule has 1 saturated heterocycles. The Morgan fingerprint density at radius 2 is 1.95 bits per heavy atom. The molecule has 0 bridgehead atoms. The van der Waals surface area contributed by atoms with Crippen LogP contribution in [-0.4, -0.2) is 29.6 Å². The van der Waals surface area contributed by atoms with Crippen LogP contribution in [0.5, 0.6) is 0 Å². The van der Waals surface area contributed by atoms with Crippen molar-refractivity contribution in [3.8, 4) is 0 Å². The van der Waals surface area contributed by atoms with Crippen molar-refractivity contribution in [3.63, 3.8) is 0 Å². The van der Waals surface area contributed by atoms with Gasteiger partial charge in [0.1, 0.15) is 11.6 Å². The number of nitrogens with zero attached hydrogens (tertiary/aromatic N) is 1. The Kier molecular flexibility index (Phi) is 4.21. The van der Waals surface area contributed by atoms with Crippen LogP contribution in [0.2, 0.25) is 0 Å². The predicted molar refractivity (Wildman–Crippen MR) is 72.9 cm³/mol. The van der Waals surface area contributed by atoms with E-state index in [2.05, 4.69) is 31.0 Å². The highest BCUT2D eigenvalue weighted by atomic mass is 19.1. The third-order valence-corrected chi connectivity index (χ3v) is 4.09. The van der Waals surface area contributed by atoms with E-state index in [0.717, 1.165) is 25.6 Å². The lowest BCUT2D eigenvalue weighted by Gasteiger charge is -2.45. The summed E-state index contributed by atoms with van der Waals surface area (Å²) in [5.41, 5.74) is 0.781. The molecule has 1 aliphatic rings. The van der Waals surface area contributed by atoms with E-state index in [9.17, 15) is 8.78 Å². The highest BCUT2D eigenvalue weighted by Gasteiger charge is 2.32. The second kappa shape index (κ2) is 5.55. The molecule has 2 rings (SSSR count). The molecule has 0 aliphatic carbocycles. The zero-order chi connectivity index (χ0) is 14.0. The quantitative estimate of drug-likeness (QED) is 0.906. The molecule has 1 fully saturated rings. The first-order valence-corrected chi connectivity index (χ1v) is 6.86. The van der Waals surface area contributed by atoms with Gasteiger partial charge in [0.15, 0.2) is 0 Å². The van der Waals surface area contributed by atoms with Crippen LogP contribution in [0.3, 0.4) is 0 Å². The third kappa shape index (κ3) is 3.51. The monoisotopic (exact) mass is 268 g/mol. The zero-order valence-electron chi connectivity index (χ0n) is 11.8. The van der Waals surface area contributed by atoms with E-state index in [1.165, 1.54) is 12.1 Å². The number of piperazine rings is 1. The highest BCUT2D eigenvalue weighted by molar-refractivity contribution is 5.18. The molecule has 0 amide bonds. The van der Waals surface area contributed by atoms with Gasteiger partial charge in [-0.3, -0.25) is 4.90 Å². The van der Waals surface area contributed by atoms with Crippen LogP contribution in [0.4, 0.5) is 8.78 Å². The Labute approximate surface area is 113 Å². The smallest absolute Gasteiger partial charge is 0.126 e. The number of benzene rings is 1. The van der Waals surface area contributed by atoms with Crippen molar-refractivity contribution >= 4 is 0 Å². The molecule has 1 aromatic carbocycles. The number of nitrogens with one attached hydrogen (secondary N) is 1. The van der Waals surface area contributed by atoms with Gasteiger partial charge in [-0.05, 0) is 38.0 Å². The molecule has 0 radical (unpaired) electrons. The van der Waals surface area contributed by atoms with Crippen LogP contribution in [0.15, 0.2) is 18.2 Å². The molecule has 1 aliphatic heterocycles. The lowest BCUT2D eigenvalue weighted by atomic mass is 9.93. The Balaban J connectivity index is 2.12. The highest BCUT2D eigenvalue weighted by Crippen LogP contribution is 2.21. The Morgan fingerprint density at radius 3 is 2.53 bits per heavy atom. The van der Waals surface area contributed by atoms with E-state index in [1.54, 1.807) is 0 Å². The zero-order valence-corrected chi connectivity index (χ0v) is 11.8. The summed E-state index contributed by atoms with van der Waals surface area (Å²) in [6.45, 7) is 8.87. The minimum Gasteiger partial charge on any atom is -0.309 e. The maximum absolute atomic E-state index is 13.2. The minimum absolute atomic E-state index is 0.0817. The molecule has 2 unspecified atom stereocenters. The first kappa shape index (κ1) is 14.4. The Bertz CT molecular complexity index is 430. The Morgan fingerprint density at radius 1 is 1.32 bits per heavy atom. The van der Waals surface area contributed by atoms with Crippen molar-refractivity contribution in [3.05, 3.63) is 35.4 Å². The molecule has 1 heterocycles. The molecular formula is C15H22F2N2. The maximum atomic E-state index is 13.2. The van der Waals surface area contributed by atoms with Gasteiger partial charge in [0.05, 0.1) is 0 Å². The molecule has 1 aromatic rings. The number of halogens is 2. The number of rotatable bonds is 3. The van der Waals surface area contributed by atoms with Crippen LogP contribution in [0.1, 0.15) is 32.8 Å². The van der Waals surface area contributed by atoms with Gasteiger partial charge in [0.25, 0.3) is 0 Å². The van der Waals surface area contributed by atoms with Crippen molar-refractivity contribution < 1.29 is 8.78 Å². The largest absolute Gasteiger partial charge is 0.309 e. The van der Waals surface area contributed by atoms with Gasteiger partial charge < -0.3 is 5.32 Å². The fraction of sp³-hybridized carbons (Fsp3) is 0.600. The first-order valence-electron chi connectivity index (χ1n) is 6.86. The lowest BCUT2D eigenvalue weighted by molar-refractivity contribution is 0.0864. The van der Waals surface area contributed by atoms with Crippen LogP contribution < -0.4 is 5.32 Å². The summed E-state index contributed by atoms with van der Waals surface area (Å²) >= 11 is 0. The van der Waals surface area contributed by atoms with Gasteiger partial charge in [-0.25, -0.2) is 8.78 Å². The van der Waals surface area contributed by atoms with Gasteiger partial charge in [0.2, 0.25) is 0 Å². The summed E-state index contributed by atoms with van der Waals surface area (Å²) in [7, 11) is 0. The summed E-state index contributed by atoms with van der Waals surface area (Å²) in [6, 6.07) is 4.12. The van der Waals surface area contributed by atoms with Crippen molar-refractivity contribution in [2.75, 3.05) is 13.1 Å². The van der Waals surface area contributed by atoms with Crippen molar-refractivity contribution in [2.45, 2.75) is 45.3 Å². The third-order valence-electron chi connectivity index (χ3n) is 4.09. The average molecular weight is 268 g/mol. The van der Waals surface area contributed by atoms with Gasteiger partial charge in [-0.15, -0.1) is 0 Å². The second-order valence-electron chi connectivity index (χ2n) is 5.83. The summed E-state index contributed by atoms with van der Waals surface area (Å²) in [5.74, 6) is -1.01. The van der Waals surface area contributed by atoms with Gasteiger partial charge in [-0.1, -0.05) is 6.92 Å². The molecule has 2 nitrogen and oxygen atoms in total. The minimum atomic E-state index is -0.504. The van der Waals surface area contributed by atoms with Crippen LogP contribution >= 0.6 is 0 Å². The number of hydrogen-bond donors (Lipinski definition) is 1. The molecule has 1 N–H and O–H groups in total. The van der Waals surface area contributed by atoms with E-state index < -0.39 is 11.6 Å². The average Bonchev–Trinajstić information content (AvgIpc) is 2.33. The molecule has 0 saturated carbocycles. The summed E-state index contributed by atoms with van der Waals surface area (Å²) in [6.07, 6.45) is 1.04. The van der Waals surface area contributed by atoms with E-state index in [4.69, 9.17) is 0 Å². The molecule has 2 atom stereocenters. The first-order chi connectivity index (χ1) is 8.92. The van der Waals surface area contributed by atoms with E-state index in [0.29, 0.717) is 18.2 Å². The van der Waals surface area contributed by atoms with Crippen molar-refractivity contribution in [1.29, 1.82) is 0 Å². The second-order valence-corrected chi connectivity index (χ2v) is 5.83. The lowest BCUT2D eigenvalue weighted by Crippen LogP contribution is -2.61. The number of hydrogen-bond acceptors (Lipinski definition) is 2. The fourth-order valence-electron chi connectivity index (χ4n) is 2.57. The summed E-state index contributed by atoms with van der Waals surface area (Å²) in [4.78, 5) is 2.29. The molecule has 106 valence electrons. The summed E-state index contributed by atoms with van der Waals surface area (Å²) in [5, 5.41) is 3.54. The summed E-state index contributed by atoms with van der Waals surface area (Å²) < 4.78 is 26.5. The predicted octanol–water partition coefficient (Wildman–Crippen LogP) is 2.93. The van der Waals surface area contributed by atoms with Crippen LogP contribution in [0, 0.1) is 11.6 Å². The van der Waals surface area contributed by atoms with E-state index in [1.807, 2.05) is 0 Å². The molecule has 0 aromatic heterocycles. The SMILES string of the molecule is CCC1(C)CN(Cc2cc(F)cc(F)c2)C(C)CN1. The molecular weight excluding hydrogens is 246 g/mol. The normalized spacial score (nSPS) is 28.6. The Hall–Kier alpha value is -1.00. The standard InChI is InChI=1S/C15H22F2N2/c1-4-15(3)10-19(11(2)8-18-15)9-12-5-13(16)7-14(17)6-12/h5-7,11,18H,4,8-10H2,1-3H3. The topological polar surface area (TPSA) is 15.3 Å². The van der Waals surface area contributed by atoms with Gasteiger partial charge >= 0.3 is 0 Å². The van der Waals surface area contributed by atoms with E-state index >= 15 is 0 Å². The van der Waals surface area contributed by atoms with Crippen LogP contribution in [0.25, 0.3) is 0 Å². The maximum Gasteiger partial charge on any atom is 0.126 e.